The van der Waals surface area contributed by atoms with E-state index in [-0.39, 0.29) is 52.2 Å². The zero-order valence-corrected chi connectivity index (χ0v) is 23.9. The summed E-state index contributed by atoms with van der Waals surface area (Å²) in [6.45, 7) is -0.0298. The highest BCUT2D eigenvalue weighted by atomic mass is 16.5. The van der Waals surface area contributed by atoms with E-state index in [1.54, 1.807) is 30.3 Å². The summed E-state index contributed by atoms with van der Waals surface area (Å²) in [5.41, 5.74) is 6.63. The number of nitrogens with two attached hydrogens (primary N) is 1. The zero-order chi connectivity index (χ0) is 32.9. The number of nitrogens with zero attached hydrogens (tertiary/aromatic N) is 2. The molecule has 4 N–H and O–H groups in total. The number of imide groups is 2. The highest BCUT2D eigenvalue weighted by Crippen LogP contribution is 2.47. The number of rotatable bonds is 9. The summed E-state index contributed by atoms with van der Waals surface area (Å²) in [5.74, 6) is -9.23. The Kier molecular flexibility index (Phi) is 7.44. The molecule has 0 saturated carbocycles. The topological polar surface area (TPSA) is 202 Å². The van der Waals surface area contributed by atoms with E-state index in [0.717, 1.165) is 16.5 Å². The van der Waals surface area contributed by atoms with Crippen LogP contribution in [0.4, 0.5) is 11.4 Å². The summed E-state index contributed by atoms with van der Waals surface area (Å²) in [6, 6.07) is 13.4. The van der Waals surface area contributed by atoms with Crippen molar-refractivity contribution in [3.05, 3.63) is 106 Å². The van der Waals surface area contributed by atoms with E-state index < -0.39 is 65.8 Å². The number of carboxylic acids is 2. The van der Waals surface area contributed by atoms with Crippen molar-refractivity contribution in [3.8, 4) is 0 Å². The van der Waals surface area contributed by atoms with Crippen LogP contribution in [-0.4, -0.2) is 62.7 Å². The summed E-state index contributed by atoms with van der Waals surface area (Å²) in [5, 5.41) is 19.4. The van der Waals surface area contributed by atoms with Gasteiger partial charge in [0.25, 0.3) is 11.8 Å². The molecule has 46 heavy (non-hydrogen) atoms. The van der Waals surface area contributed by atoms with Gasteiger partial charge >= 0.3 is 17.9 Å². The van der Waals surface area contributed by atoms with Crippen molar-refractivity contribution in [2.45, 2.75) is 37.3 Å². The first kappa shape index (κ1) is 29.9. The van der Waals surface area contributed by atoms with Crippen LogP contribution in [0.3, 0.4) is 0 Å². The van der Waals surface area contributed by atoms with Gasteiger partial charge in [0, 0.05) is 17.5 Å². The number of anilines is 2. The van der Waals surface area contributed by atoms with Gasteiger partial charge in [0.15, 0.2) is 0 Å². The maximum absolute atomic E-state index is 13.8. The molecular weight excluding hydrogens is 598 g/mol. The van der Waals surface area contributed by atoms with Crippen LogP contribution < -0.4 is 10.6 Å². The molecule has 232 valence electrons. The molecule has 2 aliphatic heterocycles. The average Bonchev–Trinajstić information content (AvgIpc) is 3.04. The fourth-order valence-electron chi connectivity index (χ4n) is 6.07. The molecule has 3 aromatic carbocycles. The summed E-state index contributed by atoms with van der Waals surface area (Å²) in [7, 11) is 0. The second-order valence-corrected chi connectivity index (χ2v) is 10.9. The highest BCUT2D eigenvalue weighted by Gasteiger charge is 2.50. The third-order valence-electron chi connectivity index (χ3n) is 8.26. The number of esters is 1. The van der Waals surface area contributed by atoms with Crippen LogP contribution in [0.25, 0.3) is 0 Å². The second kappa shape index (κ2) is 11.4. The SMILES string of the molecule is Nc1ccc(C(=O)O)cc1N1C(=O)c2ccc3c4c2C(C=CC4C(=O)N(C(CCC(=O)OCc2ccccc2)C(=O)O)C3=O)C1=O. The number of hydrogen-bond acceptors (Lipinski definition) is 9. The molecule has 3 aliphatic rings. The minimum Gasteiger partial charge on any atom is -0.480 e. The number of nitrogen functional groups attached to an aromatic ring is 1. The molecular formula is C33H25N3O10. The second-order valence-electron chi connectivity index (χ2n) is 10.9. The standard InChI is InChI=1S/C33H25N3O10/c34-22-11-6-17(32(42)43)14-24(22)36-30(40)20-9-7-18-26-19(8-10-21(27(20)26)31(36)41)29(39)35(28(18)38)23(33(44)45)12-13-25(37)46-15-16-4-2-1-3-5-16/h1-11,14,18,20,23H,12-13,15,34H2,(H,42,43)(H,44,45). The Balaban J connectivity index is 1.31. The number of hydrogen-bond donors (Lipinski definition) is 3. The van der Waals surface area contributed by atoms with Gasteiger partial charge in [0.1, 0.15) is 12.6 Å². The largest absolute Gasteiger partial charge is 0.480 e. The molecule has 3 aromatic rings. The van der Waals surface area contributed by atoms with Gasteiger partial charge in [-0.05, 0) is 53.4 Å². The maximum Gasteiger partial charge on any atom is 0.335 e. The zero-order valence-electron chi connectivity index (χ0n) is 23.9. The predicted octanol–water partition coefficient (Wildman–Crippen LogP) is 2.85. The average molecular weight is 624 g/mol. The van der Waals surface area contributed by atoms with Crippen molar-refractivity contribution in [1.29, 1.82) is 0 Å². The van der Waals surface area contributed by atoms with E-state index in [1.807, 2.05) is 0 Å². The Morgan fingerprint density at radius 1 is 0.826 bits per heavy atom. The fraction of sp³-hybridized carbons (Fsp3) is 0.182. The quantitative estimate of drug-likeness (QED) is 0.137. The van der Waals surface area contributed by atoms with E-state index in [9.17, 15) is 43.8 Å². The van der Waals surface area contributed by atoms with Crippen molar-refractivity contribution < 1.29 is 48.5 Å². The van der Waals surface area contributed by atoms with Crippen LogP contribution in [0.2, 0.25) is 0 Å². The van der Waals surface area contributed by atoms with Crippen LogP contribution in [0.15, 0.2) is 72.8 Å². The number of benzene rings is 3. The molecule has 0 fully saturated rings. The number of aliphatic carboxylic acids is 1. The molecule has 3 unspecified atom stereocenters. The third kappa shape index (κ3) is 4.87. The van der Waals surface area contributed by atoms with Gasteiger partial charge < -0.3 is 20.7 Å². The molecule has 3 atom stereocenters. The van der Waals surface area contributed by atoms with Crippen molar-refractivity contribution in [1.82, 2.24) is 4.90 Å². The van der Waals surface area contributed by atoms with Gasteiger partial charge in [-0.1, -0.05) is 42.5 Å². The summed E-state index contributed by atoms with van der Waals surface area (Å²) >= 11 is 0. The van der Waals surface area contributed by atoms with E-state index >= 15 is 0 Å². The normalized spacial score (nSPS) is 18.7. The third-order valence-corrected chi connectivity index (χ3v) is 8.26. The van der Waals surface area contributed by atoms with Crippen LogP contribution in [0, 0.1) is 0 Å². The van der Waals surface area contributed by atoms with E-state index in [4.69, 9.17) is 10.5 Å². The van der Waals surface area contributed by atoms with Gasteiger partial charge in [0.2, 0.25) is 11.8 Å². The molecule has 13 nitrogen and oxygen atoms in total. The molecule has 1 aliphatic carbocycles. The Morgan fingerprint density at radius 3 is 2.09 bits per heavy atom. The smallest absolute Gasteiger partial charge is 0.335 e. The lowest BCUT2D eigenvalue weighted by Crippen LogP contribution is -2.55. The number of carbonyl (C=O) groups is 7. The van der Waals surface area contributed by atoms with Gasteiger partial charge in [-0.2, -0.15) is 0 Å². The van der Waals surface area contributed by atoms with Gasteiger partial charge in [-0.3, -0.25) is 28.9 Å². The van der Waals surface area contributed by atoms with Gasteiger partial charge in [-0.15, -0.1) is 0 Å². The maximum atomic E-state index is 13.8. The Bertz CT molecular complexity index is 1900. The number of amides is 4. The molecule has 0 spiro atoms. The van der Waals surface area contributed by atoms with Crippen LogP contribution in [-0.2, 0) is 30.5 Å². The molecule has 6 rings (SSSR count). The number of aromatic carboxylic acids is 1. The highest BCUT2D eigenvalue weighted by molar-refractivity contribution is 6.29. The summed E-state index contributed by atoms with van der Waals surface area (Å²) in [6.07, 6.45) is 1.98. The lowest BCUT2D eigenvalue weighted by atomic mass is 9.72. The fourth-order valence-corrected chi connectivity index (χ4v) is 6.07. The predicted molar refractivity (Wildman–Crippen MR) is 159 cm³/mol. The molecule has 0 bridgehead atoms. The van der Waals surface area contributed by atoms with E-state index in [1.165, 1.54) is 36.4 Å². The number of carbonyl (C=O) groups excluding carboxylic acids is 5. The monoisotopic (exact) mass is 623 g/mol. The Morgan fingerprint density at radius 2 is 1.46 bits per heavy atom. The number of carboxylic acid groups (broad SMARTS) is 2. The first-order valence-electron chi connectivity index (χ1n) is 14.2. The lowest BCUT2D eigenvalue weighted by molar-refractivity contribution is -0.151. The molecule has 0 aromatic heterocycles. The van der Waals surface area contributed by atoms with Crippen LogP contribution in [0.1, 0.15) is 72.4 Å². The van der Waals surface area contributed by atoms with Crippen molar-refractivity contribution in [2.75, 3.05) is 10.6 Å². The van der Waals surface area contributed by atoms with Crippen molar-refractivity contribution in [3.63, 3.8) is 0 Å². The Hall–Kier alpha value is -6.11. The summed E-state index contributed by atoms with van der Waals surface area (Å²) in [4.78, 5) is 92.6. The first-order valence-corrected chi connectivity index (χ1v) is 14.2. The molecule has 0 saturated heterocycles. The van der Waals surface area contributed by atoms with Crippen LogP contribution in [0.5, 0.6) is 0 Å². The van der Waals surface area contributed by atoms with E-state index in [2.05, 4.69) is 0 Å². The number of ether oxygens (including phenoxy) is 1. The van der Waals surface area contributed by atoms with Crippen molar-refractivity contribution in [2.24, 2.45) is 0 Å². The summed E-state index contributed by atoms with van der Waals surface area (Å²) < 4.78 is 5.22. The van der Waals surface area contributed by atoms with Crippen LogP contribution >= 0.6 is 0 Å². The van der Waals surface area contributed by atoms with Gasteiger partial charge in [-0.25, -0.2) is 14.5 Å². The van der Waals surface area contributed by atoms with Crippen molar-refractivity contribution >= 4 is 52.9 Å². The molecule has 13 heteroatoms. The lowest BCUT2D eigenvalue weighted by Gasteiger charge is -2.41. The molecule has 0 radical (unpaired) electrons. The minimum absolute atomic E-state index is 0.00261. The Labute approximate surface area is 260 Å². The first-order chi connectivity index (χ1) is 22.0. The van der Waals surface area contributed by atoms with Gasteiger partial charge in [0.05, 0.1) is 28.8 Å². The van der Waals surface area contributed by atoms with E-state index in [0.29, 0.717) is 4.90 Å². The minimum atomic E-state index is -1.69. The molecule has 2 heterocycles. The molecule has 4 amide bonds.